The Morgan fingerprint density at radius 1 is 1.27 bits per heavy atom. The van der Waals surface area contributed by atoms with Gasteiger partial charge in [-0.25, -0.2) is 0 Å². The second-order valence-corrected chi connectivity index (χ2v) is 6.60. The van der Waals surface area contributed by atoms with Gasteiger partial charge in [-0.3, -0.25) is 4.90 Å². The highest BCUT2D eigenvalue weighted by atomic mass is 32.1. The lowest BCUT2D eigenvalue weighted by Crippen LogP contribution is -2.36. The molecular formula is C18H23NO2S. The van der Waals surface area contributed by atoms with Crippen LogP contribution < -0.4 is 4.74 Å². The summed E-state index contributed by atoms with van der Waals surface area (Å²) in [6.45, 7) is 4.89. The van der Waals surface area contributed by atoms with E-state index < -0.39 is 0 Å². The van der Waals surface area contributed by atoms with Gasteiger partial charge in [0.05, 0.1) is 13.2 Å². The molecule has 0 aliphatic carbocycles. The minimum Gasteiger partial charge on any atom is -0.493 e. The molecule has 0 saturated carbocycles. The van der Waals surface area contributed by atoms with Gasteiger partial charge in [-0.1, -0.05) is 19.1 Å². The maximum Gasteiger partial charge on any atom is 0.122 e. The van der Waals surface area contributed by atoms with Crippen LogP contribution in [0.15, 0.2) is 35.0 Å². The lowest BCUT2D eigenvalue weighted by Gasteiger charge is -2.29. The normalized spacial score (nSPS) is 14.9. The summed E-state index contributed by atoms with van der Waals surface area (Å²) < 4.78 is 5.58. The Balaban J connectivity index is 1.76. The first-order valence-corrected chi connectivity index (χ1v) is 8.85. The quantitative estimate of drug-likeness (QED) is 0.849. The lowest BCUT2D eigenvalue weighted by molar-refractivity contribution is 0.107. The summed E-state index contributed by atoms with van der Waals surface area (Å²) in [6, 6.07) is 8.85. The molecule has 1 aliphatic rings. The third kappa shape index (κ3) is 3.51. The summed E-state index contributed by atoms with van der Waals surface area (Å²) in [5, 5.41) is 14.0. The molecule has 22 heavy (non-hydrogen) atoms. The van der Waals surface area contributed by atoms with E-state index in [-0.39, 0.29) is 12.6 Å². The number of ether oxygens (including phenoxy) is 1. The van der Waals surface area contributed by atoms with Gasteiger partial charge in [0.15, 0.2) is 0 Å². The standard InChI is InChI=1S/C18H23NO2S/c1-2-17(12-20)19(11-15-6-8-22-13-15)10-14-3-4-18-16(9-14)5-7-21-18/h3-4,6,8-9,13,17,20H,2,5,7,10-12H2,1H3/t17-/m0/s1. The Hall–Kier alpha value is -1.36. The van der Waals surface area contributed by atoms with Crippen molar-refractivity contribution in [2.75, 3.05) is 13.2 Å². The van der Waals surface area contributed by atoms with Gasteiger partial charge in [0.25, 0.3) is 0 Å². The van der Waals surface area contributed by atoms with E-state index in [4.69, 9.17) is 4.74 Å². The van der Waals surface area contributed by atoms with Crippen LogP contribution in [0, 0.1) is 0 Å². The molecule has 4 heteroatoms. The highest BCUT2D eigenvalue weighted by molar-refractivity contribution is 7.07. The zero-order valence-corrected chi connectivity index (χ0v) is 13.8. The monoisotopic (exact) mass is 317 g/mol. The second-order valence-electron chi connectivity index (χ2n) is 5.82. The van der Waals surface area contributed by atoms with Crippen molar-refractivity contribution >= 4 is 11.3 Å². The van der Waals surface area contributed by atoms with Gasteiger partial charge < -0.3 is 9.84 Å². The Morgan fingerprint density at radius 2 is 2.14 bits per heavy atom. The molecule has 3 nitrogen and oxygen atoms in total. The summed E-state index contributed by atoms with van der Waals surface area (Å²) in [5.74, 6) is 1.03. The van der Waals surface area contributed by atoms with Gasteiger partial charge in [-0.2, -0.15) is 11.3 Å². The smallest absolute Gasteiger partial charge is 0.122 e. The van der Waals surface area contributed by atoms with Crippen molar-refractivity contribution in [1.29, 1.82) is 0 Å². The van der Waals surface area contributed by atoms with Crippen LogP contribution in [0.4, 0.5) is 0 Å². The average Bonchev–Trinajstić information content (AvgIpc) is 3.19. The Kier molecular flexibility index (Phi) is 5.13. The summed E-state index contributed by atoms with van der Waals surface area (Å²) in [6.07, 6.45) is 1.96. The Labute approximate surface area is 136 Å². The Bertz CT molecular complexity index is 593. The third-order valence-corrected chi connectivity index (χ3v) is 5.04. The van der Waals surface area contributed by atoms with Gasteiger partial charge in [0, 0.05) is 25.6 Å². The average molecular weight is 317 g/mol. The van der Waals surface area contributed by atoms with Crippen LogP contribution in [0.2, 0.25) is 0 Å². The number of aliphatic hydroxyl groups is 1. The molecular weight excluding hydrogens is 294 g/mol. The minimum absolute atomic E-state index is 0.199. The molecule has 0 bridgehead atoms. The number of thiophene rings is 1. The van der Waals surface area contributed by atoms with Crippen molar-refractivity contribution in [2.24, 2.45) is 0 Å². The number of nitrogens with zero attached hydrogens (tertiary/aromatic N) is 1. The molecule has 118 valence electrons. The van der Waals surface area contributed by atoms with Crippen molar-refractivity contribution in [3.8, 4) is 5.75 Å². The topological polar surface area (TPSA) is 32.7 Å². The fraction of sp³-hybridized carbons (Fsp3) is 0.444. The molecule has 3 rings (SSSR count). The fourth-order valence-corrected chi connectivity index (χ4v) is 3.67. The molecule has 0 unspecified atom stereocenters. The predicted octanol–water partition coefficient (Wildman–Crippen LogP) is 3.46. The molecule has 1 N–H and O–H groups in total. The molecule has 0 radical (unpaired) electrons. The number of aliphatic hydroxyl groups excluding tert-OH is 1. The first-order chi connectivity index (χ1) is 10.8. The summed E-state index contributed by atoms with van der Waals surface area (Å²) in [4.78, 5) is 2.37. The molecule has 0 saturated heterocycles. The number of benzene rings is 1. The van der Waals surface area contributed by atoms with Crippen LogP contribution in [0.5, 0.6) is 5.75 Å². The van der Waals surface area contributed by atoms with E-state index in [0.717, 1.165) is 38.3 Å². The molecule has 0 fully saturated rings. The highest BCUT2D eigenvalue weighted by Crippen LogP contribution is 2.27. The van der Waals surface area contributed by atoms with E-state index in [2.05, 4.69) is 46.8 Å². The zero-order chi connectivity index (χ0) is 15.4. The van der Waals surface area contributed by atoms with Crippen molar-refractivity contribution in [3.05, 3.63) is 51.7 Å². The van der Waals surface area contributed by atoms with Crippen LogP contribution in [-0.2, 0) is 19.5 Å². The minimum atomic E-state index is 0.199. The van der Waals surface area contributed by atoms with Crippen LogP contribution >= 0.6 is 11.3 Å². The fourth-order valence-electron chi connectivity index (χ4n) is 3.01. The lowest BCUT2D eigenvalue weighted by atomic mass is 10.1. The van der Waals surface area contributed by atoms with Crippen LogP contribution in [0.1, 0.15) is 30.0 Å². The van der Waals surface area contributed by atoms with Crippen LogP contribution in [0.25, 0.3) is 0 Å². The second kappa shape index (κ2) is 7.27. The van der Waals surface area contributed by atoms with E-state index in [0.29, 0.717) is 0 Å². The van der Waals surface area contributed by atoms with Gasteiger partial charge in [0.1, 0.15) is 5.75 Å². The van der Waals surface area contributed by atoms with E-state index in [9.17, 15) is 5.11 Å². The summed E-state index contributed by atoms with van der Waals surface area (Å²) in [5.41, 5.74) is 3.93. The maximum atomic E-state index is 9.70. The van der Waals surface area contributed by atoms with Gasteiger partial charge >= 0.3 is 0 Å². The van der Waals surface area contributed by atoms with Crippen molar-refractivity contribution in [1.82, 2.24) is 4.90 Å². The van der Waals surface area contributed by atoms with E-state index >= 15 is 0 Å². The first kappa shape index (κ1) is 15.5. The maximum absolute atomic E-state index is 9.70. The van der Waals surface area contributed by atoms with Crippen molar-refractivity contribution < 1.29 is 9.84 Å². The number of fused-ring (bicyclic) bond motifs is 1. The molecule has 1 aromatic carbocycles. The number of hydrogen-bond donors (Lipinski definition) is 1. The number of rotatable bonds is 7. The SMILES string of the molecule is CC[C@@H](CO)N(Cc1ccsc1)Cc1ccc2c(c1)CCO2. The molecule has 2 aromatic rings. The molecule has 0 amide bonds. The summed E-state index contributed by atoms with van der Waals surface area (Å²) >= 11 is 1.73. The first-order valence-electron chi connectivity index (χ1n) is 7.90. The predicted molar refractivity (Wildman–Crippen MR) is 90.4 cm³/mol. The highest BCUT2D eigenvalue weighted by Gasteiger charge is 2.19. The van der Waals surface area contributed by atoms with E-state index in [1.54, 1.807) is 11.3 Å². The van der Waals surface area contributed by atoms with E-state index in [1.165, 1.54) is 16.7 Å². The van der Waals surface area contributed by atoms with Gasteiger partial charge in [0.2, 0.25) is 0 Å². The Morgan fingerprint density at radius 3 is 2.86 bits per heavy atom. The molecule has 1 aliphatic heterocycles. The molecule has 1 atom stereocenters. The van der Waals surface area contributed by atoms with Crippen molar-refractivity contribution in [2.45, 2.75) is 38.9 Å². The molecule has 0 spiro atoms. The third-order valence-electron chi connectivity index (χ3n) is 4.30. The largest absolute Gasteiger partial charge is 0.493 e. The van der Waals surface area contributed by atoms with E-state index in [1.807, 2.05) is 0 Å². The molecule has 1 aromatic heterocycles. The van der Waals surface area contributed by atoms with Crippen LogP contribution in [-0.4, -0.2) is 29.3 Å². The van der Waals surface area contributed by atoms with Crippen LogP contribution in [0.3, 0.4) is 0 Å². The summed E-state index contributed by atoms with van der Waals surface area (Å²) in [7, 11) is 0. The van der Waals surface area contributed by atoms with Crippen molar-refractivity contribution in [3.63, 3.8) is 0 Å². The van der Waals surface area contributed by atoms with Gasteiger partial charge in [-0.05, 0) is 46.0 Å². The molecule has 2 heterocycles. The van der Waals surface area contributed by atoms with Gasteiger partial charge in [-0.15, -0.1) is 0 Å². The zero-order valence-electron chi connectivity index (χ0n) is 13.0. The number of hydrogen-bond acceptors (Lipinski definition) is 4.